The summed E-state index contributed by atoms with van der Waals surface area (Å²) in [7, 11) is 0. The molecule has 0 N–H and O–H groups in total. The van der Waals surface area contributed by atoms with Gasteiger partial charge in [0, 0.05) is 18.8 Å². The van der Waals surface area contributed by atoms with Gasteiger partial charge in [0.2, 0.25) is 0 Å². The van der Waals surface area contributed by atoms with E-state index in [4.69, 9.17) is 4.74 Å². The van der Waals surface area contributed by atoms with E-state index in [1.807, 2.05) is 6.08 Å². The maximum atomic E-state index is 12.0. The lowest BCUT2D eigenvalue weighted by molar-refractivity contribution is -0.157. The monoisotopic (exact) mass is 344 g/mol. The Morgan fingerprint density at radius 1 is 1.16 bits per heavy atom. The van der Waals surface area contributed by atoms with Gasteiger partial charge in [0.25, 0.3) is 0 Å². The number of esters is 1. The number of ketones is 1. The molecule has 0 aromatic rings. The van der Waals surface area contributed by atoms with Crippen LogP contribution in [0.1, 0.15) is 72.6 Å². The highest BCUT2D eigenvalue weighted by atomic mass is 16.5. The first-order valence-corrected chi connectivity index (χ1v) is 10.2. The summed E-state index contributed by atoms with van der Waals surface area (Å²) in [4.78, 5) is 23.6. The van der Waals surface area contributed by atoms with Gasteiger partial charge in [-0.05, 0) is 73.7 Å². The molecular weight excluding hydrogens is 312 g/mol. The topological polar surface area (TPSA) is 43.4 Å². The molecule has 7 atom stereocenters. The number of hydrogen-bond donors (Lipinski definition) is 0. The Morgan fingerprint density at radius 3 is 2.64 bits per heavy atom. The largest absolute Gasteiger partial charge is 0.462 e. The van der Waals surface area contributed by atoms with E-state index in [1.54, 1.807) is 6.92 Å². The van der Waals surface area contributed by atoms with Gasteiger partial charge in [0.15, 0.2) is 5.78 Å². The maximum Gasteiger partial charge on any atom is 0.302 e. The first-order chi connectivity index (χ1) is 11.8. The molecule has 3 saturated carbocycles. The quantitative estimate of drug-likeness (QED) is 0.648. The van der Waals surface area contributed by atoms with E-state index in [0.29, 0.717) is 35.9 Å². The van der Waals surface area contributed by atoms with Crippen molar-refractivity contribution in [1.29, 1.82) is 0 Å². The minimum Gasteiger partial charge on any atom is -0.462 e. The molecule has 6 unspecified atom stereocenters. The SMILES string of the molecule is CC(=O)OC1CCC2C3C[C@H](C)C4=CC(=O)CCC4(C)C3CCC12C. The molecule has 4 rings (SSSR count). The molecule has 0 aliphatic heterocycles. The molecule has 0 radical (unpaired) electrons. The van der Waals surface area contributed by atoms with Crippen molar-refractivity contribution in [2.75, 3.05) is 0 Å². The summed E-state index contributed by atoms with van der Waals surface area (Å²) in [6, 6.07) is 0. The third-order valence-electron chi connectivity index (χ3n) is 8.50. The highest BCUT2D eigenvalue weighted by Crippen LogP contribution is 2.66. The summed E-state index contributed by atoms with van der Waals surface area (Å²) >= 11 is 0. The second-order valence-corrected chi connectivity index (χ2v) is 9.72. The van der Waals surface area contributed by atoms with Crippen LogP contribution in [0, 0.1) is 34.5 Å². The average Bonchev–Trinajstić information content (AvgIpc) is 2.86. The lowest BCUT2D eigenvalue weighted by atomic mass is 9.45. The van der Waals surface area contributed by atoms with Crippen molar-refractivity contribution in [2.24, 2.45) is 34.5 Å². The van der Waals surface area contributed by atoms with Crippen LogP contribution in [-0.4, -0.2) is 17.9 Å². The molecule has 0 spiro atoms. The van der Waals surface area contributed by atoms with Gasteiger partial charge < -0.3 is 4.74 Å². The zero-order valence-electron chi connectivity index (χ0n) is 16.1. The molecule has 3 fully saturated rings. The van der Waals surface area contributed by atoms with Crippen LogP contribution in [0.15, 0.2) is 11.6 Å². The van der Waals surface area contributed by atoms with Crippen LogP contribution >= 0.6 is 0 Å². The number of rotatable bonds is 1. The van der Waals surface area contributed by atoms with Crippen LogP contribution in [0.3, 0.4) is 0 Å². The van der Waals surface area contributed by atoms with Gasteiger partial charge >= 0.3 is 5.97 Å². The Hall–Kier alpha value is -1.12. The van der Waals surface area contributed by atoms with Crippen LogP contribution in [0.4, 0.5) is 0 Å². The van der Waals surface area contributed by atoms with Gasteiger partial charge in [-0.3, -0.25) is 9.59 Å². The van der Waals surface area contributed by atoms with Crippen molar-refractivity contribution in [1.82, 2.24) is 0 Å². The van der Waals surface area contributed by atoms with Crippen LogP contribution in [0.25, 0.3) is 0 Å². The van der Waals surface area contributed by atoms with Gasteiger partial charge in [-0.2, -0.15) is 0 Å². The molecule has 0 aromatic heterocycles. The predicted molar refractivity (Wildman–Crippen MR) is 96.8 cm³/mol. The third kappa shape index (κ3) is 2.44. The molecule has 0 saturated heterocycles. The van der Waals surface area contributed by atoms with Crippen molar-refractivity contribution in [3.63, 3.8) is 0 Å². The van der Waals surface area contributed by atoms with Crippen molar-refractivity contribution in [2.45, 2.75) is 78.7 Å². The molecule has 0 aromatic carbocycles. The zero-order chi connectivity index (χ0) is 18.0. The lowest BCUT2D eigenvalue weighted by Gasteiger charge is -2.59. The van der Waals surface area contributed by atoms with Crippen molar-refractivity contribution in [3.05, 3.63) is 11.6 Å². The molecule has 138 valence electrons. The molecular formula is C22H32O3. The van der Waals surface area contributed by atoms with E-state index < -0.39 is 0 Å². The molecule has 4 aliphatic carbocycles. The fourth-order valence-electron chi connectivity index (χ4n) is 7.33. The number of carbonyl (C=O) groups excluding carboxylic acids is 2. The maximum absolute atomic E-state index is 12.0. The van der Waals surface area contributed by atoms with Crippen LogP contribution < -0.4 is 0 Å². The zero-order valence-corrected chi connectivity index (χ0v) is 16.1. The van der Waals surface area contributed by atoms with Crippen molar-refractivity contribution in [3.8, 4) is 0 Å². The Bertz CT molecular complexity index is 635. The number of ether oxygens (including phenoxy) is 1. The fraction of sp³-hybridized carbons (Fsp3) is 0.818. The smallest absolute Gasteiger partial charge is 0.302 e. The van der Waals surface area contributed by atoms with Gasteiger partial charge in [0.05, 0.1) is 0 Å². The van der Waals surface area contributed by atoms with Crippen molar-refractivity contribution < 1.29 is 14.3 Å². The van der Waals surface area contributed by atoms with Crippen molar-refractivity contribution >= 4 is 11.8 Å². The molecule has 3 heteroatoms. The second kappa shape index (κ2) is 5.69. The summed E-state index contributed by atoms with van der Waals surface area (Å²) in [6.07, 6.45) is 9.62. The number of hydrogen-bond acceptors (Lipinski definition) is 3. The van der Waals surface area contributed by atoms with Gasteiger partial charge in [-0.15, -0.1) is 0 Å². The summed E-state index contributed by atoms with van der Waals surface area (Å²) < 4.78 is 5.74. The second-order valence-electron chi connectivity index (χ2n) is 9.72. The minimum atomic E-state index is -0.131. The van der Waals surface area contributed by atoms with Gasteiger partial charge in [-0.25, -0.2) is 0 Å². The van der Waals surface area contributed by atoms with E-state index in [2.05, 4.69) is 20.8 Å². The molecule has 0 bridgehead atoms. The molecule has 0 amide bonds. The minimum absolute atomic E-state index is 0.101. The highest BCUT2D eigenvalue weighted by molar-refractivity contribution is 5.91. The highest BCUT2D eigenvalue weighted by Gasteiger charge is 2.60. The Kier molecular flexibility index (Phi) is 3.94. The van der Waals surface area contributed by atoms with E-state index >= 15 is 0 Å². The first-order valence-electron chi connectivity index (χ1n) is 10.2. The Morgan fingerprint density at radius 2 is 1.92 bits per heavy atom. The first kappa shape index (κ1) is 17.3. The average molecular weight is 344 g/mol. The molecule has 4 aliphatic rings. The van der Waals surface area contributed by atoms with Gasteiger partial charge in [-0.1, -0.05) is 26.3 Å². The van der Waals surface area contributed by atoms with Crippen LogP contribution in [0.5, 0.6) is 0 Å². The van der Waals surface area contributed by atoms with E-state index in [-0.39, 0.29) is 22.9 Å². The number of fused-ring (bicyclic) bond motifs is 5. The fourth-order valence-corrected chi connectivity index (χ4v) is 7.33. The van der Waals surface area contributed by atoms with E-state index in [0.717, 1.165) is 19.3 Å². The summed E-state index contributed by atoms with van der Waals surface area (Å²) in [5, 5.41) is 0. The molecule has 0 heterocycles. The normalized spacial score (nSPS) is 48.9. The summed E-state index contributed by atoms with van der Waals surface area (Å²) in [5.74, 6) is 2.77. The van der Waals surface area contributed by atoms with E-state index in [1.165, 1.54) is 24.8 Å². The van der Waals surface area contributed by atoms with Crippen LogP contribution in [0.2, 0.25) is 0 Å². The van der Waals surface area contributed by atoms with E-state index in [9.17, 15) is 9.59 Å². The lowest BCUT2D eigenvalue weighted by Crippen LogP contribution is -2.53. The molecule has 25 heavy (non-hydrogen) atoms. The van der Waals surface area contributed by atoms with Gasteiger partial charge in [0.1, 0.15) is 6.10 Å². The summed E-state index contributed by atoms with van der Waals surface area (Å²) in [6.45, 7) is 8.67. The third-order valence-corrected chi connectivity index (χ3v) is 8.50. The standard InChI is InChI=1S/C22H32O3/c1-13-11-16-17-5-6-20(25-14(2)23)22(17,4)10-8-18(16)21(3)9-7-15(24)12-19(13)21/h12-13,16-18,20H,5-11H2,1-4H3/t13-,16?,17?,18?,20?,21?,22?/m0/s1. The predicted octanol–water partition coefficient (Wildman–Crippen LogP) is 4.70. The number of allylic oxidation sites excluding steroid dienone is 1. The van der Waals surface area contributed by atoms with Crippen LogP contribution in [-0.2, 0) is 14.3 Å². The molecule has 3 nitrogen and oxygen atoms in total. The Labute approximate surface area is 151 Å². The Balaban J connectivity index is 1.66. The number of carbonyl (C=O) groups is 2. The summed E-state index contributed by atoms with van der Waals surface area (Å²) in [5.41, 5.74) is 1.79.